The van der Waals surface area contributed by atoms with E-state index in [1.807, 2.05) is 0 Å². The van der Waals surface area contributed by atoms with E-state index in [1.54, 1.807) is 36.4 Å². The molecule has 1 aliphatic rings. The zero-order valence-corrected chi connectivity index (χ0v) is 19.4. The Hall–Kier alpha value is -3.79. The number of aryl methyl sites for hydroxylation is 1. The Kier molecular flexibility index (Phi) is 7.11. The van der Waals surface area contributed by atoms with Crippen molar-refractivity contribution in [3.63, 3.8) is 0 Å². The van der Waals surface area contributed by atoms with Crippen molar-refractivity contribution >= 4 is 40.4 Å². The maximum absolute atomic E-state index is 13.8. The first-order valence-corrected chi connectivity index (χ1v) is 11.4. The zero-order valence-electron chi connectivity index (χ0n) is 18.6. The van der Waals surface area contributed by atoms with Crippen LogP contribution in [0.25, 0.3) is 11.0 Å². The molecule has 3 heterocycles. The highest BCUT2D eigenvalue weighted by Gasteiger charge is 2.38. The van der Waals surface area contributed by atoms with Gasteiger partial charge in [0.05, 0.1) is 6.54 Å². The number of rotatable bonds is 7. The number of nitrogens with zero attached hydrogens (tertiary/aromatic N) is 3. The summed E-state index contributed by atoms with van der Waals surface area (Å²) in [7, 11) is 0. The number of primary amides is 1. The standard InChI is InChI=1S/C24H23ClFN5O4/c25-16-5-3-14(4-6-16)12-29-23(34)18-10-15-2-1-8-28-22(15)30(24(18)35)9-7-20(32)31-13-17(26)11-19(31)21(27)33/h1-6,8,10,17,19H,7,9,11-13H2,(H2,27,33)(H,29,34). The second-order valence-electron chi connectivity index (χ2n) is 8.29. The Morgan fingerprint density at radius 1 is 1.20 bits per heavy atom. The molecule has 1 aromatic carbocycles. The smallest absolute Gasteiger partial charge is 0.265 e. The molecule has 0 radical (unpaired) electrons. The molecule has 0 aliphatic carbocycles. The van der Waals surface area contributed by atoms with Gasteiger partial charge in [0.1, 0.15) is 23.4 Å². The third-order valence-electron chi connectivity index (χ3n) is 5.91. The summed E-state index contributed by atoms with van der Waals surface area (Å²) in [4.78, 5) is 55.8. The SMILES string of the molecule is NC(=O)C1CC(F)CN1C(=O)CCn1c(=O)c(C(=O)NCc2ccc(Cl)cc2)cc2cccnc21. The highest BCUT2D eigenvalue weighted by atomic mass is 35.5. The van der Waals surface area contributed by atoms with Crippen LogP contribution in [0.2, 0.25) is 5.02 Å². The van der Waals surface area contributed by atoms with Crippen molar-refractivity contribution in [1.29, 1.82) is 0 Å². The summed E-state index contributed by atoms with van der Waals surface area (Å²) in [5, 5.41) is 3.82. The molecule has 0 spiro atoms. The number of benzene rings is 1. The first-order valence-electron chi connectivity index (χ1n) is 11.0. The van der Waals surface area contributed by atoms with Gasteiger partial charge >= 0.3 is 0 Å². The van der Waals surface area contributed by atoms with E-state index in [9.17, 15) is 23.6 Å². The molecular weight excluding hydrogens is 477 g/mol. The van der Waals surface area contributed by atoms with Crippen molar-refractivity contribution in [1.82, 2.24) is 19.8 Å². The number of likely N-dealkylation sites (tertiary alicyclic amines) is 1. The van der Waals surface area contributed by atoms with Crippen molar-refractivity contribution in [2.45, 2.75) is 38.1 Å². The van der Waals surface area contributed by atoms with Crippen LogP contribution < -0.4 is 16.6 Å². The van der Waals surface area contributed by atoms with Gasteiger partial charge < -0.3 is 16.0 Å². The number of fused-ring (bicyclic) bond motifs is 1. The number of aromatic nitrogens is 2. The van der Waals surface area contributed by atoms with Crippen molar-refractivity contribution in [3.8, 4) is 0 Å². The maximum atomic E-state index is 13.8. The average Bonchev–Trinajstić information content (AvgIpc) is 3.24. The molecule has 3 aromatic rings. The molecule has 2 atom stereocenters. The molecule has 0 bridgehead atoms. The second-order valence-corrected chi connectivity index (χ2v) is 8.72. The largest absolute Gasteiger partial charge is 0.368 e. The summed E-state index contributed by atoms with van der Waals surface area (Å²) in [6.07, 6.45) is -0.181. The predicted octanol–water partition coefficient (Wildman–Crippen LogP) is 1.79. The van der Waals surface area contributed by atoms with Crippen LogP contribution in [-0.2, 0) is 22.7 Å². The Morgan fingerprint density at radius 2 is 1.94 bits per heavy atom. The lowest BCUT2D eigenvalue weighted by Gasteiger charge is -2.22. The van der Waals surface area contributed by atoms with E-state index in [-0.39, 0.29) is 38.0 Å². The molecule has 2 unspecified atom stereocenters. The van der Waals surface area contributed by atoms with E-state index in [2.05, 4.69) is 10.3 Å². The van der Waals surface area contributed by atoms with Gasteiger partial charge in [0, 0.05) is 42.5 Å². The van der Waals surface area contributed by atoms with Crippen molar-refractivity contribution < 1.29 is 18.8 Å². The maximum Gasteiger partial charge on any atom is 0.265 e. The number of carbonyl (C=O) groups excluding carboxylic acids is 3. The van der Waals surface area contributed by atoms with Gasteiger partial charge in [-0.15, -0.1) is 0 Å². The molecule has 2 aromatic heterocycles. The number of pyridine rings is 2. The van der Waals surface area contributed by atoms with Crippen LogP contribution in [0.3, 0.4) is 0 Å². The molecule has 0 saturated carbocycles. The molecule has 35 heavy (non-hydrogen) atoms. The normalized spacial score (nSPS) is 17.5. The van der Waals surface area contributed by atoms with Crippen LogP contribution in [0, 0.1) is 0 Å². The number of hydrogen-bond acceptors (Lipinski definition) is 5. The predicted molar refractivity (Wildman–Crippen MR) is 127 cm³/mol. The van der Waals surface area contributed by atoms with E-state index in [4.69, 9.17) is 17.3 Å². The average molecular weight is 500 g/mol. The minimum absolute atomic E-state index is 0.105. The van der Waals surface area contributed by atoms with Gasteiger partial charge in [-0.3, -0.25) is 23.7 Å². The van der Waals surface area contributed by atoms with E-state index in [1.165, 1.54) is 16.8 Å². The van der Waals surface area contributed by atoms with Gasteiger partial charge in [0.2, 0.25) is 11.8 Å². The molecule has 11 heteroatoms. The number of hydrogen-bond donors (Lipinski definition) is 2. The summed E-state index contributed by atoms with van der Waals surface area (Å²) in [5.74, 6) is -1.87. The molecule has 3 amide bonds. The number of alkyl halides is 1. The fraction of sp³-hybridized carbons (Fsp3) is 0.292. The quantitative estimate of drug-likeness (QED) is 0.512. The fourth-order valence-corrected chi connectivity index (χ4v) is 4.26. The highest BCUT2D eigenvalue weighted by Crippen LogP contribution is 2.21. The highest BCUT2D eigenvalue weighted by molar-refractivity contribution is 6.30. The van der Waals surface area contributed by atoms with Gasteiger partial charge in [-0.25, -0.2) is 9.37 Å². The number of nitrogens with one attached hydrogen (secondary N) is 1. The molecule has 1 aliphatic heterocycles. The second kappa shape index (κ2) is 10.2. The third-order valence-corrected chi connectivity index (χ3v) is 6.16. The Morgan fingerprint density at radius 3 is 2.66 bits per heavy atom. The van der Waals surface area contributed by atoms with Gasteiger partial charge in [0.15, 0.2) is 0 Å². The molecule has 182 valence electrons. The van der Waals surface area contributed by atoms with Crippen LogP contribution in [0.5, 0.6) is 0 Å². The fourth-order valence-electron chi connectivity index (χ4n) is 4.14. The van der Waals surface area contributed by atoms with Crippen LogP contribution >= 0.6 is 11.6 Å². The molecule has 9 nitrogen and oxygen atoms in total. The van der Waals surface area contributed by atoms with Crippen molar-refractivity contribution in [2.75, 3.05) is 6.54 Å². The molecule has 1 fully saturated rings. The van der Waals surface area contributed by atoms with Crippen LogP contribution in [0.1, 0.15) is 28.8 Å². The summed E-state index contributed by atoms with van der Waals surface area (Å²) >= 11 is 5.88. The lowest BCUT2D eigenvalue weighted by atomic mass is 10.1. The van der Waals surface area contributed by atoms with Crippen molar-refractivity contribution in [3.05, 3.63) is 75.2 Å². The Balaban J connectivity index is 1.56. The van der Waals surface area contributed by atoms with Crippen LogP contribution in [0.15, 0.2) is 53.5 Å². The Labute approximate surface area is 204 Å². The van der Waals surface area contributed by atoms with Gasteiger partial charge in [-0.2, -0.15) is 0 Å². The van der Waals surface area contributed by atoms with Crippen molar-refractivity contribution in [2.24, 2.45) is 5.73 Å². The topological polar surface area (TPSA) is 127 Å². The minimum Gasteiger partial charge on any atom is -0.368 e. The summed E-state index contributed by atoms with van der Waals surface area (Å²) in [6, 6.07) is 10.7. The number of halogens is 2. The van der Waals surface area contributed by atoms with Crippen LogP contribution in [-0.4, -0.2) is 50.9 Å². The number of nitrogens with two attached hydrogens (primary N) is 1. The van der Waals surface area contributed by atoms with Gasteiger partial charge in [-0.1, -0.05) is 23.7 Å². The van der Waals surface area contributed by atoms with E-state index < -0.39 is 35.5 Å². The summed E-state index contributed by atoms with van der Waals surface area (Å²) < 4.78 is 15.1. The zero-order chi connectivity index (χ0) is 25.1. The molecular formula is C24H23ClFN5O4. The Bertz CT molecular complexity index is 1340. The lowest BCUT2D eigenvalue weighted by molar-refractivity contribution is -0.137. The van der Waals surface area contributed by atoms with E-state index in [0.29, 0.717) is 16.1 Å². The minimum atomic E-state index is -1.34. The van der Waals surface area contributed by atoms with E-state index in [0.717, 1.165) is 10.5 Å². The first-order chi connectivity index (χ1) is 16.7. The monoisotopic (exact) mass is 499 g/mol. The molecule has 1 saturated heterocycles. The molecule has 4 rings (SSSR count). The van der Waals surface area contributed by atoms with E-state index >= 15 is 0 Å². The van der Waals surface area contributed by atoms with Gasteiger partial charge in [0.25, 0.3) is 11.5 Å². The lowest BCUT2D eigenvalue weighted by Crippen LogP contribution is -2.44. The van der Waals surface area contributed by atoms with Crippen LogP contribution in [0.4, 0.5) is 4.39 Å². The summed E-state index contributed by atoms with van der Waals surface area (Å²) in [6.45, 7) is -0.150. The summed E-state index contributed by atoms with van der Waals surface area (Å²) in [5.41, 5.74) is 5.69. The molecule has 3 N–H and O–H groups in total. The number of amides is 3. The number of carbonyl (C=O) groups is 3. The first kappa shape index (κ1) is 24.3. The third kappa shape index (κ3) is 5.32. The van der Waals surface area contributed by atoms with Gasteiger partial charge in [-0.05, 0) is 35.9 Å².